The van der Waals surface area contributed by atoms with E-state index < -0.39 is 18.4 Å². The molecule has 3 N–H and O–H groups in total. The summed E-state index contributed by atoms with van der Waals surface area (Å²) in [6.07, 6.45) is 0. The number of carboxylic acid groups (broad SMARTS) is 1. The molecule has 0 fully saturated rings. The van der Waals surface area contributed by atoms with E-state index in [2.05, 4.69) is 44.1 Å². The smallest absolute Gasteiger partial charge is 0.322 e. The monoisotopic (exact) mass is 639 g/mol. The quantitative estimate of drug-likeness (QED) is 0.394. The summed E-state index contributed by atoms with van der Waals surface area (Å²) in [4.78, 5) is 22.8. The molecule has 0 aliphatic heterocycles. The maximum absolute atomic E-state index is 12.2. The van der Waals surface area contributed by atoms with Crippen molar-refractivity contribution < 1.29 is 65.8 Å². The van der Waals surface area contributed by atoms with Gasteiger partial charge in [0.25, 0.3) is 0 Å². The van der Waals surface area contributed by atoms with Crippen LogP contribution < -0.4 is 10.1 Å². The minimum atomic E-state index is -1.14. The van der Waals surface area contributed by atoms with Crippen LogP contribution in [0.2, 0.25) is 0 Å². The van der Waals surface area contributed by atoms with E-state index in [1.54, 1.807) is 18.2 Å². The molecular weight excluding hydrogens is 623 g/mol. The summed E-state index contributed by atoms with van der Waals surface area (Å²) in [6.45, 7) is 7.31. The topological polar surface area (TPSA) is 95.9 Å². The van der Waals surface area contributed by atoms with E-state index in [9.17, 15) is 14.7 Å². The molecule has 0 saturated carbocycles. The summed E-state index contributed by atoms with van der Waals surface area (Å²) in [5.41, 5.74) is 1.33. The number of phenols is 1. The molecule has 9 heteroatoms. The van der Waals surface area contributed by atoms with Crippen molar-refractivity contribution in [3.05, 3.63) is 56.8 Å². The van der Waals surface area contributed by atoms with Gasteiger partial charge in [-0.05, 0) is 44.5 Å². The number of hydrogen-bond acceptors (Lipinski definition) is 4. The molecule has 2 rings (SSSR count). The summed E-state index contributed by atoms with van der Waals surface area (Å²) in [5.74, 6) is -0.458. The number of rotatable bonds is 6. The first kappa shape index (κ1) is 25.2. The largest absolute Gasteiger partial charge is 0.508 e. The Hall–Kier alpha value is -0.826. The summed E-state index contributed by atoms with van der Waals surface area (Å²) < 4.78 is 6.87. The van der Waals surface area contributed by atoms with Gasteiger partial charge in [-0.3, -0.25) is 9.59 Å². The van der Waals surface area contributed by atoms with Gasteiger partial charge in [-0.1, -0.05) is 25.5 Å². The van der Waals surface area contributed by atoms with Gasteiger partial charge in [-0.15, -0.1) is 15.9 Å². The number of carbonyl (C=O) groups is 2. The molecule has 0 saturated heterocycles. The standard InChI is InChI=1S/C19H18Br2NO5.Pr/c1-9(2)12-6-11(4-5-15(12)23)27-18-14(20)7-13(10(3)17(18)21)19(26)22-8-16(24)25;/h4-7,9,23H,3,8H2,1-2H3,(H,22,26)(H,24,25);/q-1;. The number of aromatic hydroxyl groups is 1. The third-order valence-corrected chi connectivity index (χ3v) is 5.19. The first-order chi connectivity index (χ1) is 12.6. The maximum atomic E-state index is 12.2. The average molecular weight is 641 g/mol. The molecule has 6 nitrogen and oxygen atoms in total. The average Bonchev–Trinajstić information content (AvgIpc) is 2.60. The molecule has 0 heterocycles. The molecular formula is C19H18Br2NO5Pr-. The van der Waals surface area contributed by atoms with E-state index in [0.717, 1.165) is 5.56 Å². The van der Waals surface area contributed by atoms with Crippen LogP contribution in [0.25, 0.3) is 0 Å². The van der Waals surface area contributed by atoms with Gasteiger partial charge in [-0.2, -0.15) is 12.5 Å². The van der Waals surface area contributed by atoms with Crippen LogP contribution in [0, 0.1) is 48.2 Å². The third-order valence-electron chi connectivity index (χ3n) is 3.76. The number of carboxylic acids is 1. The Kier molecular flexibility index (Phi) is 9.73. The van der Waals surface area contributed by atoms with Crippen molar-refractivity contribution in [2.24, 2.45) is 0 Å². The van der Waals surface area contributed by atoms with Crippen molar-refractivity contribution in [1.29, 1.82) is 0 Å². The Labute approximate surface area is 213 Å². The van der Waals surface area contributed by atoms with Crippen LogP contribution in [-0.4, -0.2) is 28.6 Å². The van der Waals surface area contributed by atoms with E-state index in [4.69, 9.17) is 9.84 Å². The summed E-state index contributed by atoms with van der Waals surface area (Å²) in [5, 5.41) is 20.9. The van der Waals surface area contributed by atoms with Crippen LogP contribution in [-0.2, 0) is 4.79 Å². The number of nitrogens with one attached hydrogen (secondary N) is 1. The molecule has 0 aliphatic rings. The second-order valence-corrected chi connectivity index (χ2v) is 7.73. The SMILES string of the molecule is [CH2-]c1c(C(=O)NCC(=O)O)cc(Br)c(Oc2ccc(O)c(C(C)C)c2)c1Br.[Pr]. The molecule has 1 radical (unpaired) electrons. The van der Waals surface area contributed by atoms with Gasteiger partial charge in [0, 0.05) is 51.3 Å². The summed E-state index contributed by atoms with van der Waals surface area (Å²) in [7, 11) is 0. The van der Waals surface area contributed by atoms with Crippen molar-refractivity contribution in [3.8, 4) is 17.2 Å². The minimum absolute atomic E-state index is 0. The second kappa shape index (κ2) is 10.8. The zero-order chi connectivity index (χ0) is 20.3. The Bertz CT molecular complexity index is 902. The van der Waals surface area contributed by atoms with Crippen molar-refractivity contribution >= 4 is 43.7 Å². The van der Waals surface area contributed by atoms with Gasteiger partial charge in [0.05, 0.1) is 0 Å². The van der Waals surface area contributed by atoms with Crippen LogP contribution in [0.3, 0.4) is 0 Å². The molecule has 0 bridgehead atoms. The van der Waals surface area contributed by atoms with Gasteiger partial charge in [0.2, 0.25) is 0 Å². The molecule has 1 amide bonds. The number of carbonyl (C=O) groups excluding carboxylic acids is 1. The van der Waals surface area contributed by atoms with Crippen molar-refractivity contribution in [2.75, 3.05) is 6.54 Å². The number of aliphatic carboxylic acids is 1. The minimum Gasteiger partial charge on any atom is -0.508 e. The van der Waals surface area contributed by atoms with Gasteiger partial charge in [0.1, 0.15) is 23.8 Å². The van der Waals surface area contributed by atoms with Gasteiger partial charge in [-0.25, -0.2) is 0 Å². The van der Waals surface area contributed by atoms with Crippen LogP contribution in [0.5, 0.6) is 17.2 Å². The van der Waals surface area contributed by atoms with Crippen molar-refractivity contribution in [3.63, 3.8) is 0 Å². The van der Waals surface area contributed by atoms with E-state index >= 15 is 0 Å². The fourth-order valence-corrected chi connectivity index (χ4v) is 3.65. The fourth-order valence-electron chi connectivity index (χ4n) is 2.36. The first-order valence-corrected chi connectivity index (χ1v) is 9.55. The Balaban J connectivity index is 0.00000392. The van der Waals surface area contributed by atoms with Crippen molar-refractivity contribution in [1.82, 2.24) is 5.32 Å². The van der Waals surface area contributed by atoms with Gasteiger partial charge >= 0.3 is 5.97 Å². The molecule has 0 aromatic heterocycles. The van der Waals surface area contributed by atoms with Crippen LogP contribution in [0.4, 0.5) is 0 Å². The fraction of sp³-hybridized carbons (Fsp3) is 0.211. The Morgan fingerprint density at radius 2 is 1.89 bits per heavy atom. The molecule has 2 aromatic rings. The maximum Gasteiger partial charge on any atom is 0.322 e. The Morgan fingerprint density at radius 3 is 2.46 bits per heavy atom. The molecule has 2 aromatic carbocycles. The van der Waals surface area contributed by atoms with E-state index in [1.807, 2.05) is 13.8 Å². The first-order valence-electron chi connectivity index (χ1n) is 7.96. The molecule has 0 atom stereocenters. The predicted octanol–water partition coefficient (Wildman–Crippen LogP) is 4.83. The van der Waals surface area contributed by atoms with Crippen LogP contribution in [0.1, 0.15) is 41.3 Å². The summed E-state index contributed by atoms with van der Waals surface area (Å²) in [6, 6.07) is 6.46. The van der Waals surface area contributed by atoms with Gasteiger partial charge < -0.3 is 20.3 Å². The number of phenolic OH excluding ortho intramolecular Hbond substituents is 1. The Morgan fingerprint density at radius 1 is 1.25 bits per heavy atom. The zero-order valence-corrected chi connectivity index (χ0v) is 22.1. The summed E-state index contributed by atoms with van der Waals surface area (Å²) >= 11 is 6.76. The number of amides is 1. The van der Waals surface area contributed by atoms with Crippen molar-refractivity contribution in [2.45, 2.75) is 19.8 Å². The number of benzene rings is 2. The van der Waals surface area contributed by atoms with E-state index in [-0.39, 0.29) is 58.5 Å². The van der Waals surface area contributed by atoms with Gasteiger partial charge in [0.15, 0.2) is 5.91 Å². The second-order valence-electron chi connectivity index (χ2n) is 6.08. The van der Waals surface area contributed by atoms with E-state index in [1.165, 1.54) is 6.07 Å². The predicted molar refractivity (Wildman–Crippen MR) is 109 cm³/mol. The normalized spacial score (nSPS) is 10.3. The van der Waals surface area contributed by atoms with Crippen LogP contribution >= 0.6 is 31.9 Å². The molecule has 0 spiro atoms. The van der Waals surface area contributed by atoms with E-state index in [0.29, 0.717) is 26.0 Å². The molecule has 28 heavy (non-hydrogen) atoms. The number of ether oxygens (including phenoxy) is 1. The molecule has 147 valence electrons. The zero-order valence-electron chi connectivity index (χ0n) is 15.3. The number of halogens is 2. The number of hydrogen-bond donors (Lipinski definition) is 3. The molecule has 0 unspecified atom stereocenters. The van der Waals surface area contributed by atoms with Crippen LogP contribution in [0.15, 0.2) is 33.2 Å². The third kappa shape index (κ3) is 6.08. The molecule has 0 aliphatic carbocycles.